The van der Waals surface area contributed by atoms with Gasteiger partial charge in [-0.3, -0.25) is 0 Å². The highest BCUT2D eigenvalue weighted by molar-refractivity contribution is 6.27. The van der Waals surface area contributed by atoms with Crippen LogP contribution in [-0.4, -0.2) is 0 Å². The molecular weight excluding hydrogens is 593 g/mol. The normalized spacial score (nSPS) is 11.7. The third-order valence-corrected chi connectivity index (χ3v) is 10.1. The molecular formula is C48H30O. The lowest BCUT2D eigenvalue weighted by atomic mass is 9.84. The molecule has 0 aliphatic heterocycles. The summed E-state index contributed by atoms with van der Waals surface area (Å²) in [6, 6.07) is 65.6. The first-order valence-corrected chi connectivity index (χ1v) is 16.9. The van der Waals surface area contributed by atoms with Gasteiger partial charge in [-0.05, 0) is 83.4 Å². The second-order valence-electron chi connectivity index (χ2n) is 12.8. The highest BCUT2D eigenvalue weighted by atomic mass is 16.3. The lowest BCUT2D eigenvalue weighted by Gasteiger charge is -2.19. The number of furan rings is 1. The zero-order valence-corrected chi connectivity index (χ0v) is 26.7. The lowest BCUT2D eigenvalue weighted by molar-refractivity contribution is 0.670. The lowest BCUT2D eigenvalue weighted by Crippen LogP contribution is -1.92. The molecule has 1 heterocycles. The van der Waals surface area contributed by atoms with Gasteiger partial charge in [-0.15, -0.1) is 0 Å². The molecule has 0 spiro atoms. The van der Waals surface area contributed by atoms with Crippen molar-refractivity contribution in [2.45, 2.75) is 0 Å². The largest absolute Gasteiger partial charge is 0.455 e. The molecule has 10 rings (SSSR count). The van der Waals surface area contributed by atoms with Gasteiger partial charge in [0.05, 0.1) is 0 Å². The van der Waals surface area contributed by atoms with Crippen molar-refractivity contribution in [1.29, 1.82) is 0 Å². The van der Waals surface area contributed by atoms with E-state index >= 15 is 0 Å². The van der Waals surface area contributed by atoms with Gasteiger partial charge < -0.3 is 4.42 Å². The number of fused-ring (bicyclic) bond motifs is 6. The summed E-state index contributed by atoms with van der Waals surface area (Å²) in [4.78, 5) is 0. The molecule has 0 saturated heterocycles. The van der Waals surface area contributed by atoms with Crippen molar-refractivity contribution in [3.63, 3.8) is 0 Å². The minimum absolute atomic E-state index is 0.894. The summed E-state index contributed by atoms with van der Waals surface area (Å²) in [6.45, 7) is 0. The van der Waals surface area contributed by atoms with Crippen LogP contribution >= 0.6 is 0 Å². The van der Waals surface area contributed by atoms with E-state index in [0.29, 0.717) is 0 Å². The Hall–Kier alpha value is -6.44. The standard InChI is InChI=1S/C48H30O/c1-2-14-31(15-3-1)33-18-10-19-34(30-33)36-25-12-28-43-47-42(27-13-29-44(47)49-48(36)43)46-40-23-8-6-21-38(40)45(39-22-7-9-24-41(39)46)37-26-11-17-32-16-4-5-20-35(32)37/h1-30H. The molecule has 49 heavy (non-hydrogen) atoms. The summed E-state index contributed by atoms with van der Waals surface area (Å²) < 4.78 is 6.81. The van der Waals surface area contributed by atoms with Crippen LogP contribution in [0.5, 0.6) is 0 Å². The maximum atomic E-state index is 6.81. The topological polar surface area (TPSA) is 13.1 Å². The van der Waals surface area contributed by atoms with E-state index in [1.807, 2.05) is 0 Å². The van der Waals surface area contributed by atoms with E-state index in [9.17, 15) is 0 Å². The smallest absolute Gasteiger partial charge is 0.143 e. The highest BCUT2D eigenvalue weighted by Crippen LogP contribution is 2.48. The molecule has 1 aromatic heterocycles. The summed E-state index contributed by atoms with van der Waals surface area (Å²) in [7, 11) is 0. The number of para-hydroxylation sites is 1. The van der Waals surface area contributed by atoms with Gasteiger partial charge in [-0.2, -0.15) is 0 Å². The van der Waals surface area contributed by atoms with Crippen LogP contribution in [0, 0.1) is 0 Å². The molecule has 9 aromatic carbocycles. The number of benzene rings is 9. The molecule has 1 heteroatoms. The van der Waals surface area contributed by atoms with Crippen LogP contribution < -0.4 is 0 Å². The van der Waals surface area contributed by atoms with E-state index in [1.54, 1.807) is 0 Å². The fourth-order valence-electron chi connectivity index (χ4n) is 7.93. The molecule has 0 atom stereocenters. The zero-order valence-electron chi connectivity index (χ0n) is 26.7. The van der Waals surface area contributed by atoms with Crippen molar-refractivity contribution in [3.05, 3.63) is 182 Å². The third kappa shape index (κ3) is 4.33. The first-order chi connectivity index (χ1) is 24.3. The zero-order chi connectivity index (χ0) is 32.3. The van der Waals surface area contributed by atoms with Crippen LogP contribution in [0.25, 0.3) is 98.8 Å². The summed E-state index contributed by atoms with van der Waals surface area (Å²) >= 11 is 0. The molecule has 10 aromatic rings. The maximum absolute atomic E-state index is 6.81. The van der Waals surface area contributed by atoms with Crippen molar-refractivity contribution < 1.29 is 4.42 Å². The van der Waals surface area contributed by atoms with Crippen LogP contribution in [0.1, 0.15) is 0 Å². The van der Waals surface area contributed by atoms with Gasteiger partial charge >= 0.3 is 0 Å². The Bertz CT molecular complexity index is 2810. The minimum atomic E-state index is 0.894. The van der Waals surface area contributed by atoms with Crippen molar-refractivity contribution >= 4 is 54.3 Å². The predicted molar refractivity (Wildman–Crippen MR) is 208 cm³/mol. The van der Waals surface area contributed by atoms with E-state index in [2.05, 4.69) is 182 Å². The summed E-state index contributed by atoms with van der Waals surface area (Å²) in [5.41, 5.74) is 11.4. The Labute approximate surface area is 284 Å². The van der Waals surface area contributed by atoms with Crippen molar-refractivity contribution in [3.8, 4) is 44.5 Å². The average molecular weight is 623 g/mol. The van der Waals surface area contributed by atoms with E-state index in [1.165, 1.54) is 65.7 Å². The summed E-state index contributed by atoms with van der Waals surface area (Å²) in [5.74, 6) is 0. The molecule has 0 unspecified atom stereocenters. The van der Waals surface area contributed by atoms with Crippen LogP contribution in [-0.2, 0) is 0 Å². The number of rotatable bonds is 4. The Morgan fingerprint density at radius 1 is 0.306 bits per heavy atom. The fraction of sp³-hybridized carbons (Fsp3) is 0. The second-order valence-corrected chi connectivity index (χ2v) is 12.8. The molecule has 0 N–H and O–H groups in total. The van der Waals surface area contributed by atoms with Crippen molar-refractivity contribution in [1.82, 2.24) is 0 Å². The Morgan fingerprint density at radius 3 is 1.55 bits per heavy atom. The number of hydrogen-bond acceptors (Lipinski definition) is 1. The van der Waals surface area contributed by atoms with Crippen LogP contribution in [0.3, 0.4) is 0 Å². The minimum Gasteiger partial charge on any atom is -0.455 e. The fourth-order valence-corrected chi connectivity index (χ4v) is 7.93. The second kappa shape index (κ2) is 11.1. The average Bonchev–Trinajstić information content (AvgIpc) is 3.57. The van der Waals surface area contributed by atoms with Gasteiger partial charge in [0, 0.05) is 16.3 Å². The SMILES string of the molecule is c1ccc(-c2cccc(-c3cccc4c3oc3cccc(-c5c6ccccc6c(-c6cccc7ccccc67)c6ccccc56)c34)c2)cc1. The molecule has 0 aliphatic rings. The predicted octanol–water partition coefficient (Wildman–Crippen LogP) is 13.7. The monoisotopic (exact) mass is 622 g/mol. The molecule has 0 fully saturated rings. The van der Waals surface area contributed by atoms with Gasteiger partial charge in [0.15, 0.2) is 0 Å². The molecule has 0 bridgehead atoms. The quantitative estimate of drug-likeness (QED) is 0.178. The Balaban J connectivity index is 1.26. The van der Waals surface area contributed by atoms with Crippen LogP contribution in [0.4, 0.5) is 0 Å². The maximum Gasteiger partial charge on any atom is 0.143 e. The van der Waals surface area contributed by atoms with Crippen molar-refractivity contribution in [2.24, 2.45) is 0 Å². The van der Waals surface area contributed by atoms with E-state index in [4.69, 9.17) is 4.42 Å². The van der Waals surface area contributed by atoms with E-state index in [-0.39, 0.29) is 0 Å². The Kier molecular flexibility index (Phi) is 6.25. The van der Waals surface area contributed by atoms with Gasteiger partial charge in [0.2, 0.25) is 0 Å². The Morgan fingerprint density at radius 2 is 0.796 bits per heavy atom. The van der Waals surface area contributed by atoms with Gasteiger partial charge in [-0.1, -0.05) is 170 Å². The first kappa shape index (κ1) is 27.7. The molecule has 0 radical (unpaired) electrons. The molecule has 0 saturated carbocycles. The van der Waals surface area contributed by atoms with Gasteiger partial charge in [0.25, 0.3) is 0 Å². The molecule has 0 amide bonds. The summed E-state index contributed by atoms with van der Waals surface area (Å²) in [5, 5.41) is 9.74. The van der Waals surface area contributed by atoms with E-state index < -0.39 is 0 Å². The van der Waals surface area contributed by atoms with Gasteiger partial charge in [-0.25, -0.2) is 0 Å². The first-order valence-electron chi connectivity index (χ1n) is 16.9. The van der Waals surface area contributed by atoms with Crippen LogP contribution in [0.2, 0.25) is 0 Å². The van der Waals surface area contributed by atoms with Crippen LogP contribution in [0.15, 0.2) is 186 Å². The molecule has 228 valence electrons. The third-order valence-electron chi connectivity index (χ3n) is 10.1. The van der Waals surface area contributed by atoms with Crippen molar-refractivity contribution in [2.75, 3.05) is 0 Å². The highest BCUT2D eigenvalue weighted by Gasteiger charge is 2.22. The summed E-state index contributed by atoms with van der Waals surface area (Å²) in [6.07, 6.45) is 0. The molecule has 0 aliphatic carbocycles. The molecule has 1 nitrogen and oxygen atoms in total. The number of hydrogen-bond donors (Lipinski definition) is 0. The van der Waals surface area contributed by atoms with Gasteiger partial charge in [0.1, 0.15) is 11.2 Å². The van der Waals surface area contributed by atoms with E-state index in [0.717, 1.165) is 33.1 Å².